The predicted octanol–water partition coefficient (Wildman–Crippen LogP) is 0.637. The third-order valence-electron chi connectivity index (χ3n) is 2.78. The van der Waals surface area contributed by atoms with Crippen molar-refractivity contribution in [3.8, 4) is 0 Å². The van der Waals surface area contributed by atoms with Gasteiger partial charge in [0.25, 0.3) is 0 Å². The first-order valence-electron chi connectivity index (χ1n) is 3.71. The summed E-state index contributed by atoms with van der Waals surface area (Å²) in [5, 5.41) is 0. The van der Waals surface area contributed by atoms with E-state index in [4.69, 9.17) is 11.5 Å². The molecular weight excluding hydrogens is 148 g/mol. The molecule has 0 saturated heterocycles. The Kier molecular flexibility index (Phi) is 1.96. The topological polar surface area (TPSA) is 52.0 Å². The maximum absolute atomic E-state index is 5.67. The zero-order valence-corrected chi connectivity index (χ0v) is 6.86. The van der Waals surface area contributed by atoms with E-state index < -0.39 is 0 Å². The molecule has 0 aromatic rings. The number of hydrogen-bond acceptors (Lipinski definition) is 2. The van der Waals surface area contributed by atoms with Gasteiger partial charge in [-0.3, -0.25) is 0 Å². The molecule has 0 bridgehead atoms. The van der Waals surface area contributed by atoms with Gasteiger partial charge in [-0.05, 0) is 31.1 Å². The van der Waals surface area contributed by atoms with Crippen LogP contribution in [0.5, 0.6) is 0 Å². The molecule has 2 rings (SSSR count). The van der Waals surface area contributed by atoms with Crippen LogP contribution in [0.25, 0.3) is 0 Å². The maximum Gasteiger partial charge on any atom is 0.00494 e. The van der Waals surface area contributed by atoms with Gasteiger partial charge in [0.2, 0.25) is 0 Å². The standard InChI is InChI=1S/C7H14N2.ClH/c8-5-1-7(2-5)3-6(9)4-7;/h5-6H,1-4,8-9H2;1H. The van der Waals surface area contributed by atoms with Crippen LogP contribution < -0.4 is 11.5 Å². The zero-order chi connectivity index (χ0) is 6.48. The molecule has 0 aromatic heterocycles. The van der Waals surface area contributed by atoms with Gasteiger partial charge in [-0.1, -0.05) is 0 Å². The van der Waals surface area contributed by atoms with Crippen LogP contribution in [0.15, 0.2) is 0 Å². The summed E-state index contributed by atoms with van der Waals surface area (Å²) in [6.45, 7) is 0. The Bertz CT molecular complexity index is 106. The summed E-state index contributed by atoms with van der Waals surface area (Å²) in [7, 11) is 0. The van der Waals surface area contributed by atoms with Crippen molar-refractivity contribution in [2.45, 2.75) is 37.8 Å². The lowest BCUT2D eigenvalue weighted by atomic mass is 9.52. The summed E-state index contributed by atoms with van der Waals surface area (Å²) in [6, 6.07) is 0.995. The van der Waals surface area contributed by atoms with Crippen molar-refractivity contribution in [2.75, 3.05) is 0 Å². The Morgan fingerprint density at radius 1 is 0.900 bits per heavy atom. The van der Waals surface area contributed by atoms with E-state index in [0.29, 0.717) is 17.5 Å². The predicted molar refractivity (Wildman–Crippen MR) is 44.1 cm³/mol. The summed E-state index contributed by atoms with van der Waals surface area (Å²) in [5.41, 5.74) is 12.0. The van der Waals surface area contributed by atoms with Crippen LogP contribution in [-0.4, -0.2) is 12.1 Å². The van der Waals surface area contributed by atoms with Gasteiger partial charge in [0, 0.05) is 12.1 Å². The fourth-order valence-electron chi connectivity index (χ4n) is 2.44. The fraction of sp³-hybridized carbons (Fsp3) is 1.00. The molecule has 4 N–H and O–H groups in total. The van der Waals surface area contributed by atoms with E-state index in [2.05, 4.69) is 0 Å². The zero-order valence-electron chi connectivity index (χ0n) is 6.05. The first-order chi connectivity index (χ1) is 4.20. The molecule has 0 aromatic carbocycles. The smallest absolute Gasteiger partial charge is 0.00494 e. The van der Waals surface area contributed by atoms with Gasteiger partial charge < -0.3 is 11.5 Å². The SMILES string of the molecule is Cl.NC1CC2(C1)CC(N)C2. The van der Waals surface area contributed by atoms with Gasteiger partial charge in [-0.15, -0.1) is 12.4 Å². The summed E-state index contributed by atoms with van der Waals surface area (Å²) in [6.07, 6.45) is 4.95. The fourth-order valence-corrected chi connectivity index (χ4v) is 2.44. The van der Waals surface area contributed by atoms with Crippen LogP contribution in [0.3, 0.4) is 0 Å². The van der Waals surface area contributed by atoms with Gasteiger partial charge in [0.05, 0.1) is 0 Å². The molecule has 2 saturated carbocycles. The number of hydrogen-bond donors (Lipinski definition) is 2. The highest BCUT2D eigenvalue weighted by Crippen LogP contribution is 2.54. The normalized spacial score (nSPS) is 51.0. The summed E-state index contributed by atoms with van der Waals surface area (Å²) in [4.78, 5) is 0. The Labute approximate surface area is 67.8 Å². The van der Waals surface area contributed by atoms with Crippen molar-refractivity contribution < 1.29 is 0 Å². The average Bonchev–Trinajstić information content (AvgIpc) is 1.58. The minimum Gasteiger partial charge on any atom is -0.328 e. The van der Waals surface area contributed by atoms with Crippen LogP contribution in [-0.2, 0) is 0 Å². The van der Waals surface area contributed by atoms with Crippen molar-refractivity contribution in [1.29, 1.82) is 0 Å². The molecular formula is C7H15ClN2. The quantitative estimate of drug-likeness (QED) is 0.549. The first kappa shape index (κ1) is 8.31. The second-order valence-corrected chi connectivity index (χ2v) is 3.84. The Morgan fingerprint density at radius 3 is 1.40 bits per heavy atom. The first-order valence-corrected chi connectivity index (χ1v) is 3.71. The molecule has 0 amide bonds. The lowest BCUT2D eigenvalue weighted by Crippen LogP contribution is -2.57. The van der Waals surface area contributed by atoms with Gasteiger partial charge in [0.15, 0.2) is 0 Å². The molecule has 2 nitrogen and oxygen atoms in total. The third-order valence-corrected chi connectivity index (χ3v) is 2.78. The summed E-state index contributed by atoms with van der Waals surface area (Å²) >= 11 is 0. The van der Waals surface area contributed by atoms with E-state index in [-0.39, 0.29) is 12.4 Å². The molecule has 2 aliphatic rings. The van der Waals surface area contributed by atoms with E-state index in [0.717, 1.165) is 0 Å². The second kappa shape index (κ2) is 2.36. The monoisotopic (exact) mass is 162 g/mol. The molecule has 2 aliphatic carbocycles. The van der Waals surface area contributed by atoms with E-state index in [1.54, 1.807) is 0 Å². The van der Waals surface area contributed by atoms with Gasteiger partial charge in [0.1, 0.15) is 0 Å². The summed E-state index contributed by atoms with van der Waals surface area (Å²) < 4.78 is 0. The van der Waals surface area contributed by atoms with Crippen molar-refractivity contribution in [3.05, 3.63) is 0 Å². The van der Waals surface area contributed by atoms with E-state index in [1.807, 2.05) is 0 Å². The average molecular weight is 163 g/mol. The third kappa shape index (κ3) is 1.04. The molecule has 0 unspecified atom stereocenters. The lowest BCUT2D eigenvalue weighted by Gasteiger charge is -2.56. The maximum atomic E-state index is 5.67. The Morgan fingerprint density at radius 2 is 1.20 bits per heavy atom. The Balaban J connectivity index is 0.000000500. The molecule has 0 heterocycles. The van der Waals surface area contributed by atoms with E-state index >= 15 is 0 Å². The van der Waals surface area contributed by atoms with Crippen LogP contribution in [0.2, 0.25) is 0 Å². The minimum atomic E-state index is 0. The molecule has 3 heteroatoms. The lowest BCUT2D eigenvalue weighted by molar-refractivity contribution is -0.00523. The number of halogens is 1. The molecule has 2 fully saturated rings. The molecule has 10 heavy (non-hydrogen) atoms. The van der Waals surface area contributed by atoms with Crippen molar-refractivity contribution in [1.82, 2.24) is 0 Å². The molecule has 60 valence electrons. The Hall–Kier alpha value is 0.210. The van der Waals surface area contributed by atoms with Crippen LogP contribution >= 0.6 is 12.4 Å². The largest absolute Gasteiger partial charge is 0.328 e. The highest BCUT2D eigenvalue weighted by Gasteiger charge is 2.50. The van der Waals surface area contributed by atoms with Crippen LogP contribution in [0, 0.1) is 5.41 Å². The second-order valence-electron chi connectivity index (χ2n) is 3.84. The highest BCUT2D eigenvalue weighted by atomic mass is 35.5. The number of nitrogens with two attached hydrogens (primary N) is 2. The number of rotatable bonds is 0. The minimum absolute atomic E-state index is 0. The van der Waals surface area contributed by atoms with Gasteiger partial charge in [-0.2, -0.15) is 0 Å². The highest BCUT2D eigenvalue weighted by molar-refractivity contribution is 5.85. The summed E-state index contributed by atoms with van der Waals surface area (Å²) in [5.74, 6) is 0. The molecule has 0 radical (unpaired) electrons. The van der Waals surface area contributed by atoms with Gasteiger partial charge in [-0.25, -0.2) is 0 Å². The van der Waals surface area contributed by atoms with E-state index in [9.17, 15) is 0 Å². The van der Waals surface area contributed by atoms with Crippen LogP contribution in [0.1, 0.15) is 25.7 Å². The molecule has 0 aliphatic heterocycles. The van der Waals surface area contributed by atoms with Crippen molar-refractivity contribution in [2.24, 2.45) is 16.9 Å². The van der Waals surface area contributed by atoms with Crippen molar-refractivity contribution >= 4 is 12.4 Å². The van der Waals surface area contributed by atoms with Crippen LogP contribution in [0.4, 0.5) is 0 Å². The molecule has 1 spiro atoms. The van der Waals surface area contributed by atoms with Crippen molar-refractivity contribution in [3.63, 3.8) is 0 Å². The van der Waals surface area contributed by atoms with E-state index in [1.165, 1.54) is 25.7 Å². The molecule has 0 atom stereocenters. The van der Waals surface area contributed by atoms with Gasteiger partial charge >= 0.3 is 0 Å².